The van der Waals surface area contributed by atoms with Crippen LogP contribution in [0.15, 0.2) is 51.7 Å². The molecule has 1 aromatic carbocycles. The number of aromatic amines is 1. The van der Waals surface area contributed by atoms with Crippen molar-refractivity contribution in [3.05, 3.63) is 57.0 Å². The summed E-state index contributed by atoms with van der Waals surface area (Å²) in [4.78, 5) is 30.7. The fraction of sp³-hybridized carbons (Fsp3) is 0.176. The van der Waals surface area contributed by atoms with E-state index in [2.05, 4.69) is 10.1 Å². The molecule has 0 bridgehead atoms. The van der Waals surface area contributed by atoms with Gasteiger partial charge in [0.25, 0.3) is 0 Å². The maximum atomic E-state index is 12.8. The molecule has 6 nitrogen and oxygen atoms in total. The molecule has 3 aromatic rings. The number of hydrogen-bond donors (Lipinski definition) is 1. The van der Waals surface area contributed by atoms with E-state index in [0.717, 1.165) is 10.6 Å². The van der Waals surface area contributed by atoms with Gasteiger partial charge in [0.05, 0.1) is 16.1 Å². The first-order chi connectivity index (χ1) is 12.1. The summed E-state index contributed by atoms with van der Waals surface area (Å²) in [6.45, 7) is 1.53. The van der Waals surface area contributed by atoms with Crippen molar-refractivity contribution in [3.8, 4) is 11.3 Å². The molecule has 0 spiro atoms. The van der Waals surface area contributed by atoms with E-state index in [9.17, 15) is 9.59 Å². The smallest absolute Gasteiger partial charge is 0.291 e. The number of aromatic nitrogens is 3. The van der Waals surface area contributed by atoms with Crippen LogP contribution in [0.3, 0.4) is 0 Å². The molecule has 1 N–H and O–H groups in total. The summed E-state index contributed by atoms with van der Waals surface area (Å²) in [5.41, 5.74) is 1.67. The predicted octanol–water partition coefficient (Wildman–Crippen LogP) is 2.42. The number of anilines is 1. The van der Waals surface area contributed by atoms with Crippen LogP contribution in [0.1, 0.15) is 18.0 Å². The van der Waals surface area contributed by atoms with E-state index in [4.69, 9.17) is 0 Å². The third-order valence-electron chi connectivity index (χ3n) is 4.09. The number of carbonyl (C=O) groups is 1. The summed E-state index contributed by atoms with van der Waals surface area (Å²) in [7, 11) is 0. The molecular formula is C17H15N4O2S2+. The maximum absolute atomic E-state index is 12.8. The quantitative estimate of drug-likeness (QED) is 0.555. The Morgan fingerprint density at radius 1 is 1.32 bits per heavy atom. The van der Waals surface area contributed by atoms with Crippen molar-refractivity contribution >= 4 is 34.7 Å². The van der Waals surface area contributed by atoms with Gasteiger partial charge in [0.1, 0.15) is 0 Å². The van der Waals surface area contributed by atoms with Crippen molar-refractivity contribution in [1.29, 1.82) is 0 Å². The minimum atomic E-state index is -0.476. The van der Waals surface area contributed by atoms with Gasteiger partial charge in [0.15, 0.2) is 0 Å². The second kappa shape index (κ2) is 6.12. The van der Waals surface area contributed by atoms with Gasteiger partial charge in [-0.1, -0.05) is 30.0 Å². The Labute approximate surface area is 152 Å². The van der Waals surface area contributed by atoms with Gasteiger partial charge in [-0.15, -0.1) is 11.3 Å². The molecule has 1 aliphatic rings. The maximum Gasteiger partial charge on any atom is 0.325 e. The molecule has 25 heavy (non-hydrogen) atoms. The highest BCUT2D eigenvalue weighted by Gasteiger charge is 2.45. The third-order valence-corrected chi connectivity index (χ3v) is 5.57. The number of para-hydroxylation sites is 1. The lowest BCUT2D eigenvalue weighted by Gasteiger charge is -2.30. The molecule has 0 fully saturated rings. The minimum absolute atomic E-state index is 0.100. The second-order valence-electron chi connectivity index (χ2n) is 5.55. The Morgan fingerprint density at radius 3 is 2.80 bits per heavy atom. The highest BCUT2D eigenvalue weighted by Crippen LogP contribution is 2.38. The molecule has 0 saturated carbocycles. The summed E-state index contributed by atoms with van der Waals surface area (Å²) in [5.74, 6) is -0.100. The van der Waals surface area contributed by atoms with Crippen molar-refractivity contribution in [3.63, 3.8) is 0 Å². The van der Waals surface area contributed by atoms with Crippen LogP contribution < -0.4 is 15.1 Å². The van der Waals surface area contributed by atoms with Crippen molar-refractivity contribution in [2.24, 2.45) is 0 Å². The van der Waals surface area contributed by atoms with Crippen molar-refractivity contribution in [2.75, 3.05) is 11.2 Å². The SMILES string of the molecule is CSc1n[n+]2c(c(=O)[nH]1)-c1ccccc1N(C(C)=O)[C@H]2c1cccs1. The molecule has 0 radical (unpaired) electrons. The van der Waals surface area contributed by atoms with E-state index in [0.29, 0.717) is 16.4 Å². The van der Waals surface area contributed by atoms with Gasteiger partial charge < -0.3 is 0 Å². The average molecular weight is 371 g/mol. The predicted molar refractivity (Wildman–Crippen MR) is 97.9 cm³/mol. The molecule has 2 aromatic heterocycles. The number of benzene rings is 1. The molecule has 4 rings (SSSR count). The number of rotatable bonds is 2. The van der Waals surface area contributed by atoms with Crippen LogP contribution in [-0.2, 0) is 4.79 Å². The summed E-state index contributed by atoms with van der Waals surface area (Å²) in [6.07, 6.45) is 1.38. The van der Waals surface area contributed by atoms with Crippen molar-refractivity contribution < 1.29 is 9.48 Å². The number of thioether (sulfide) groups is 1. The number of carbonyl (C=O) groups excluding carboxylic acids is 1. The van der Waals surface area contributed by atoms with Crippen LogP contribution >= 0.6 is 23.1 Å². The van der Waals surface area contributed by atoms with Gasteiger partial charge in [-0.2, -0.15) is 0 Å². The standard InChI is InChI=1S/C17H14N4O2S2/c1-10(22)20-12-7-4-3-6-11(12)14-15(23)18-17(24-2)19-21(14)16(20)13-8-5-9-25-13/h3-9,16H,1-2H3/p+1/t16-/m1/s1. The molecule has 126 valence electrons. The molecule has 1 atom stereocenters. The lowest BCUT2D eigenvalue weighted by Crippen LogP contribution is -2.60. The highest BCUT2D eigenvalue weighted by atomic mass is 32.2. The first kappa shape index (κ1) is 16.0. The van der Waals surface area contributed by atoms with Crippen molar-refractivity contribution in [2.45, 2.75) is 18.2 Å². The number of nitrogens with zero attached hydrogens (tertiary/aromatic N) is 3. The van der Waals surface area contributed by atoms with E-state index in [1.165, 1.54) is 30.0 Å². The first-order valence-corrected chi connectivity index (χ1v) is 9.75. The van der Waals surface area contributed by atoms with Crippen LogP contribution in [0.2, 0.25) is 0 Å². The van der Waals surface area contributed by atoms with Crippen LogP contribution in [-0.4, -0.2) is 22.2 Å². The normalized spacial score (nSPS) is 15.6. The van der Waals surface area contributed by atoms with Crippen LogP contribution in [0.4, 0.5) is 5.69 Å². The molecule has 1 aliphatic heterocycles. The Bertz CT molecular complexity index is 1010. The lowest BCUT2D eigenvalue weighted by molar-refractivity contribution is -0.762. The second-order valence-corrected chi connectivity index (χ2v) is 7.33. The van der Waals surface area contributed by atoms with Gasteiger partial charge in [-0.3, -0.25) is 14.6 Å². The fourth-order valence-electron chi connectivity index (χ4n) is 3.10. The van der Waals surface area contributed by atoms with E-state index in [1.54, 1.807) is 9.58 Å². The molecule has 0 saturated heterocycles. The number of hydrogen-bond acceptors (Lipinski definition) is 5. The topological polar surface area (TPSA) is 69.9 Å². The summed E-state index contributed by atoms with van der Waals surface area (Å²) >= 11 is 2.89. The average Bonchev–Trinajstić information content (AvgIpc) is 3.13. The molecule has 3 heterocycles. The number of nitrogens with one attached hydrogen (secondary N) is 1. The van der Waals surface area contributed by atoms with E-state index in [-0.39, 0.29) is 11.5 Å². The van der Waals surface area contributed by atoms with Crippen LogP contribution in [0, 0.1) is 0 Å². The van der Waals surface area contributed by atoms with E-state index >= 15 is 0 Å². The molecule has 8 heteroatoms. The largest absolute Gasteiger partial charge is 0.325 e. The van der Waals surface area contributed by atoms with Crippen molar-refractivity contribution in [1.82, 2.24) is 10.1 Å². The number of fused-ring (bicyclic) bond motifs is 3. The fourth-order valence-corrected chi connectivity index (χ4v) is 4.26. The third kappa shape index (κ3) is 2.49. The highest BCUT2D eigenvalue weighted by molar-refractivity contribution is 7.98. The molecular weight excluding hydrogens is 356 g/mol. The Balaban J connectivity index is 2.11. The summed E-state index contributed by atoms with van der Waals surface area (Å²) in [6, 6.07) is 11.3. The molecule has 1 amide bonds. The summed E-state index contributed by atoms with van der Waals surface area (Å²) < 4.78 is 1.67. The van der Waals surface area contributed by atoms with Gasteiger partial charge in [0, 0.05) is 12.0 Å². The minimum Gasteiger partial charge on any atom is -0.291 e. The zero-order chi connectivity index (χ0) is 17.6. The first-order valence-electron chi connectivity index (χ1n) is 7.64. The number of H-pyrrole nitrogens is 1. The van der Waals surface area contributed by atoms with Gasteiger partial charge >= 0.3 is 17.4 Å². The molecule has 0 unspecified atom stereocenters. The van der Waals surface area contributed by atoms with E-state index in [1.807, 2.05) is 48.0 Å². The van der Waals surface area contributed by atoms with Gasteiger partial charge in [0.2, 0.25) is 11.1 Å². The Hall–Kier alpha value is -2.45. The monoisotopic (exact) mass is 371 g/mol. The molecule has 0 aliphatic carbocycles. The zero-order valence-corrected chi connectivity index (χ0v) is 15.2. The van der Waals surface area contributed by atoms with Gasteiger partial charge in [-0.25, -0.2) is 4.90 Å². The van der Waals surface area contributed by atoms with Crippen LogP contribution in [0.5, 0.6) is 0 Å². The lowest BCUT2D eigenvalue weighted by atomic mass is 10.0. The Kier molecular flexibility index (Phi) is 3.93. The zero-order valence-electron chi connectivity index (χ0n) is 13.6. The number of amides is 1. The van der Waals surface area contributed by atoms with Crippen LogP contribution in [0.25, 0.3) is 11.3 Å². The Morgan fingerprint density at radius 2 is 2.12 bits per heavy atom. The van der Waals surface area contributed by atoms with Gasteiger partial charge in [-0.05, 0) is 34.5 Å². The van der Waals surface area contributed by atoms with E-state index < -0.39 is 6.17 Å². The summed E-state index contributed by atoms with van der Waals surface area (Å²) in [5, 5.41) is 7.07. The number of thiophene rings is 1.